The van der Waals surface area contributed by atoms with Gasteiger partial charge in [0.15, 0.2) is 0 Å². The van der Waals surface area contributed by atoms with E-state index in [1.807, 2.05) is 0 Å². The monoisotopic (exact) mass is 337 g/mol. The van der Waals surface area contributed by atoms with E-state index >= 15 is 0 Å². The molecule has 1 amide bonds. The lowest BCUT2D eigenvalue weighted by Gasteiger charge is -2.32. The van der Waals surface area contributed by atoms with Crippen molar-refractivity contribution in [3.8, 4) is 0 Å². The molecular formula is C13H21F2N3O3S. The highest BCUT2D eigenvalue weighted by Crippen LogP contribution is 2.32. The molecule has 22 heavy (non-hydrogen) atoms. The van der Waals surface area contributed by atoms with Gasteiger partial charge in [0.25, 0.3) is 5.92 Å². The van der Waals surface area contributed by atoms with E-state index in [2.05, 4.69) is 10.6 Å². The summed E-state index contributed by atoms with van der Waals surface area (Å²) in [6.45, 7) is 0.305. The smallest absolute Gasteiger partial charge is 0.262 e. The zero-order valence-corrected chi connectivity index (χ0v) is 13.0. The van der Waals surface area contributed by atoms with E-state index in [9.17, 15) is 22.0 Å². The predicted octanol–water partition coefficient (Wildman–Crippen LogP) is 0.0564. The number of hydrogen-bond acceptors (Lipinski definition) is 4. The molecule has 126 valence electrons. The number of nitrogens with one attached hydrogen (secondary N) is 2. The van der Waals surface area contributed by atoms with Crippen molar-refractivity contribution >= 4 is 15.9 Å². The van der Waals surface area contributed by atoms with E-state index in [-0.39, 0.29) is 11.3 Å². The molecule has 0 spiro atoms. The minimum Gasteiger partial charge on any atom is -0.352 e. The van der Waals surface area contributed by atoms with E-state index in [1.54, 1.807) is 0 Å². The summed E-state index contributed by atoms with van der Waals surface area (Å²) in [5.74, 6) is -3.25. The fraction of sp³-hybridized carbons (Fsp3) is 0.923. The largest absolute Gasteiger partial charge is 0.352 e. The van der Waals surface area contributed by atoms with E-state index in [4.69, 9.17) is 0 Å². The van der Waals surface area contributed by atoms with Crippen molar-refractivity contribution in [2.75, 3.05) is 19.6 Å². The number of nitrogens with zero attached hydrogens (tertiary/aromatic N) is 1. The maximum Gasteiger partial charge on any atom is 0.262 e. The van der Waals surface area contributed by atoms with Gasteiger partial charge in [0, 0.05) is 25.6 Å². The number of hydrogen-bond donors (Lipinski definition) is 2. The van der Waals surface area contributed by atoms with Gasteiger partial charge in [-0.15, -0.1) is 0 Å². The number of sulfonamides is 1. The lowest BCUT2D eigenvalue weighted by atomic mass is 10.1. The minimum atomic E-state index is -3.16. The third-order valence-electron chi connectivity index (χ3n) is 4.53. The molecule has 0 aromatic rings. The Bertz CT molecular complexity index is 543. The SMILES string of the molecule is O=C(NC1CCN(S(=O)(=O)C2CC2)CC1)C1CC(F)(F)CN1. The zero-order chi connectivity index (χ0) is 16.0. The molecule has 2 aliphatic heterocycles. The standard InChI is InChI=1S/C13H21F2N3O3S/c14-13(15)7-11(16-8-13)12(19)17-9-3-5-18(6-4-9)22(20,21)10-1-2-10/h9-11,16H,1-8H2,(H,17,19). The highest BCUT2D eigenvalue weighted by atomic mass is 32.2. The van der Waals surface area contributed by atoms with Crippen molar-refractivity contribution in [2.24, 2.45) is 0 Å². The summed E-state index contributed by atoms with van der Waals surface area (Å²) in [4.78, 5) is 12.0. The van der Waals surface area contributed by atoms with Crippen molar-refractivity contribution in [1.82, 2.24) is 14.9 Å². The third-order valence-corrected chi connectivity index (χ3v) is 6.93. The first kappa shape index (κ1) is 16.1. The lowest BCUT2D eigenvalue weighted by Crippen LogP contribution is -2.50. The summed E-state index contributed by atoms with van der Waals surface area (Å²) in [6, 6.07) is -1.00. The highest BCUT2D eigenvalue weighted by Gasteiger charge is 2.44. The molecule has 1 aliphatic carbocycles. The molecule has 9 heteroatoms. The Labute approximate surface area is 128 Å². The summed E-state index contributed by atoms with van der Waals surface area (Å²) in [5.41, 5.74) is 0. The third kappa shape index (κ3) is 3.41. The van der Waals surface area contributed by atoms with E-state index in [0.29, 0.717) is 25.9 Å². The predicted molar refractivity (Wildman–Crippen MR) is 76.0 cm³/mol. The Balaban J connectivity index is 1.47. The van der Waals surface area contributed by atoms with Crippen molar-refractivity contribution < 1.29 is 22.0 Å². The Morgan fingerprint density at radius 1 is 1.18 bits per heavy atom. The van der Waals surface area contributed by atoms with Gasteiger partial charge in [-0.2, -0.15) is 0 Å². The number of carbonyl (C=O) groups excluding carboxylic acids is 1. The minimum absolute atomic E-state index is 0.144. The van der Waals surface area contributed by atoms with Crippen LogP contribution in [0.3, 0.4) is 0 Å². The summed E-state index contributed by atoms with van der Waals surface area (Å²) < 4.78 is 51.9. The van der Waals surface area contributed by atoms with Crippen LogP contribution < -0.4 is 10.6 Å². The van der Waals surface area contributed by atoms with Crippen molar-refractivity contribution in [2.45, 2.75) is 55.4 Å². The van der Waals surface area contributed by atoms with Crippen LogP contribution in [0.5, 0.6) is 0 Å². The average Bonchev–Trinajstić information content (AvgIpc) is 3.24. The number of rotatable bonds is 4. The molecule has 6 nitrogen and oxygen atoms in total. The topological polar surface area (TPSA) is 78.5 Å². The van der Waals surface area contributed by atoms with Crippen LogP contribution in [0, 0.1) is 0 Å². The van der Waals surface area contributed by atoms with Gasteiger partial charge in [-0.3, -0.25) is 10.1 Å². The Kier molecular flexibility index (Phi) is 4.15. The Morgan fingerprint density at radius 3 is 2.32 bits per heavy atom. The lowest BCUT2D eigenvalue weighted by molar-refractivity contribution is -0.124. The van der Waals surface area contributed by atoms with Crippen LogP contribution in [0.25, 0.3) is 0 Å². The first-order valence-electron chi connectivity index (χ1n) is 7.68. The molecule has 1 saturated carbocycles. The van der Waals surface area contributed by atoms with Gasteiger partial charge in [0.05, 0.1) is 17.8 Å². The van der Waals surface area contributed by atoms with Crippen molar-refractivity contribution in [1.29, 1.82) is 0 Å². The first-order valence-corrected chi connectivity index (χ1v) is 9.19. The zero-order valence-electron chi connectivity index (χ0n) is 12.2. The number of halogens is 2. The van der Waals surface area contributed by atoms with Gasteiger partial charge in [0.1, 0.15) is 0 Å². The fourth-order valence-corrected chi connectivity index (χ4v) is 4.91. The molecule has 2 N–H and O–H groups in total. The molecule has 0 aromatic carbocycles. The molecule has 3 aliphatic rings. The van der Waals surface area contributed by atoms with Crippen LogP contribution in [-0.4, -0.2) is 61.5 Å². The van der Waals surface area contributed by atoms with Crippen LogP contribution in [-0.2, 0) is 14.8 Å². The molecule has 1 unspecified atom stereocenters. The van der Waals surface area contributed by atoms with E-state index < -0.39 is 40.9 Å². The number of alkyl halides is 2. The first-order chi connectivity index (χ1) is 10.3. The molecule has 3 rings (SSSR count). The summed E-state index contributed by atoms with van der Waals surface area (Å²) in [7, 11) is -3.16. The average molecular weight is 337 g/mol. The van der Waals surface area contributed by atoms with Crippen LogP contribution in [0.2, 0.25) is 0 Å². The maximum absolute atomic E-state index is 13.1. The van der Waals surface area contributed by atoms with Crippen LogP contribution in [0.4, 0.5) is 8.78 Å². The molecule has 2 saturated heterocycles. The summed E-state index contributed by atoms with van der Waals surface area (Å²) >= 11 is 0. The van der Waals surface area contributed by atoms with Crippen LogP contribution in [0.1, 0.15) is 32.1 Å². The molecule has 0 aromatic heterocycles. The van der Waals surface area contributed by atoms with Crippen LogP contribution in [0.15, 0.2) is 0 Å². The number of carbonyl (C=O) groups is 1. The van der Waals surface area contributed by atoms with Gasteiger partial charge >= 0.3 is 0 Å². The molecule has 2 heterocycles. The van der Waals surface area contributed by atoms with Gasteiger partial charge in [-0.25, -0.2) is 21.5 Å². The number of amides is 1. The molecule has 1 atom stereocenters. The summed E-state index contributed by atoms with van der Waals surface area (Å²) in [6.07, 6.45) is 2.05. The van der Waals surface area contributed by atoms with Crippen molar-refractivity contribution in [3.05, 3.63) is 0 Å². The van der Waals surface area contributed by atoms with Gasteiger partial charge in [-0.05, 0) is 25.7 Å². The van der Waals surface area contributed by atoms with E-state index in [1.165, 1.54) is 4.31 Å². The maximum atomic E-state index is 13.1. The highest BCUT2D eigenvalue weighted by molar-refractivity contribution is 7.90. The van der Waals surface area contributed by atoms with Crippen molar-refractivity contribution in [3.63, 3.8) is 0 Å². The van der Waals surface area contributed by atoms with Crippen LogP contribution >= 0.6 is 0 Å². The van der Waals surface area contributed by atoms with Gasteiger partial charge in [-0.1, -0.05) is 0 Å². The molecule has 3 fully saturated rings. The second kappa shape index (κ2) is 5.68. The second-order valence-corrected chi connectivity index (χ2v) is 8.63. The second-order valence-electron chi connectivity index (χ2n) is 6.42. The number of piperidine rings is 1. The van der Waals surface area contributed by atoms with Gasteiger partial charge < -0.3 is 5.32 Å². The normalized spacial score (nSPS) is 30.4. The molecule has 0 bridgehead atoms. The fourth-order valence-electron chi connectivity index (χ4n) is 3.03. The Morgan fingerprint density at radius 2 is 1.82 bits per heavy atom. The van der Waals surface area contributed by atoms with Gasteiger partial charge in [0.2, 0.25) is 15.9 Å². The molecule has 0 radical (unpaired) electrons. The quantitative estimate of drug-likeness (QED) is 0.760. The summed E-state index contributed by atoms with van der Waals surface area (Å²) in [5, 5.41) is 5.06. The molecular weight excluding hydrogens is 316 g/mol. The Hall–Kier alpha value is -0.800. The van der Waals surface area contributed by atoms with E-state index in [0.717, 1.165) is 12.8 Å².